The summed E-state index contributed by atoms with van der Waals surface area (Å²) in [7, 11) is -1.79. The van der Waals surface area contributed by atoms with Gasteiger partial charge in [0, 0.05) is 31.1 Å². The summed E-state index contributed by atoms with van der Waals surface area (Å²) in [5.74, 6) is -0.530. The van der Waals surface area contributed by atoms with E-state index in [0.717, 1.165) is 5.56 Å². The number of guanidine groups is 1. The number of thiophene rings is 1. The molecule has 3 amide bonds. The summed E-state index contributed by atoms with van der Waals surface area (Å²) in [6.07, 6.45) is 0.441. The molecule has 0 aliphatic carbocycles. The molecule has 5 N–H and O–H groups in total. The minimum Gasteiger partial charge on any atom is -0.370 e. The zero-order valence-corrected chi connectivity index (χ0v) is 16.7. The molecular formula is C14H20N6O6S2. The molecule has 3 heterocycles. The minimum absolute atomic E-state index is 0.0528. The summed E-state index contributed by atoms with van der Waals surface area (Å²) in [6.45, 7) is 0.405. The summed E-state index contributed by atoms with van der Waals surface area (Å²) < 4.78 is 35.9. The Labute approximate surface area is 165 Å². The van der Waals surface area contributed by atoms with Crippen LogP contribution in [-0.2, 0) is 25.9 Å². The lowest BCUT2D eigenvalue weighted by molar-refractivity contribution is -0.133. The molecule has 1 saturated heterocycles. The number of nitrogens with zero attached hydrogens (tertiary/aromatic N) is 3. The number of rotatable bonds is 6. The van der Waals surface area contributed by atoms with Gasteiger partial charge < -0.3 is 20.9 Å². The molecule has 12 nitrogen and oxygen atoms in total. The lowest BCUT2D eigenvalue weighted by Crippen LogP contribution is -2.43. The van der Waals surface area contributed by atoms with E-state index in [4.69, 9.17) is 15.7 Å². The topological polar surface area (TPSA) is 169 Å². The van der Waals surface area contributed by atoms with Gasteiger partial charge in [-0.2, -0.15) is 13.5 Å². The molecule has 0 radical (unpaired) electrons. The summed E-state index contributed by atoms with van der Waals surface area (Å²) in [5, 5.41) is 12.3. The van der Waals surface area contributed by atoms with Crippen molar-refractivity contribution in [3.8, 4) is 0 Å². The molecule has 0 spiro atoms. The molecule has 2 aliphatic heterocycles. The van der Waals surface area contributed by atoms with Crippen molar-refractivity contribution in [1.82, 2.24) is 20.2 Å². The highest BCUT2D eigenvalue weighted by Gasteiger charge is 2.53. The van der Waals surface area contributed by atoms with E-state index < -0.39 is 28.5 Å². The van der Waals surface area contributed by atoms with Gasteiger partial charge in [-0.3, -0.25) is 14.8 Å². The number of hydrogen-bond acceptors (Lipinski definition) is 7. The number of likely N-dealkylation sites (N-methyl/N-ethyl adjacent to an activating group) is 1. The molecule has 28 heavy (non-hydrogen) atoms. The Morgan fingerprint density at radius 3 is 2.79 bits per heavy atom. The third-order valence-electron chi connectivity index (χ3n) is 4.47. The first kappa shape index (κ1) is 20.3. The van der Waals surface area contributed by atoms with Gasteiger partial charge in [-0.05, 0) is 17.4 Å². The molecule has 2 atom stereocenters. The number of urea groups is 1. The number of hydrogen-bond donors (Lipinski definition) is 4. The van der Waals surface area contributed by atoms with E-state index in [0.29, 0.717) is 28.5 Å². The highest BCUT2D eigenvalue weighted by Crippen LogP contribution is 2.48. The van der Waals surface area contributed by atoms with E-state index in [2.05, 4.69) is 9.60 Å². The average molecular weight is 432 g/mol. The first-order valence-corrected chi connectivity index (χ1v) is 10.4. The second-order valence-corrected chi connectivity index (χ2v) is 8.46. The van der Waals surface area contributed by atoms with Crippen LogP contribution in [0.4, 0.5) is 4.79 Å². The van der Waals surface area contributed by atoms with Gasteiger partial charge in [-0.15, -0.1) is 15.6 Å². The molecule has 0 aromatic carbocycles. The van der Waals surface area contributed by atoms with Gasteiger partial charge in [0.25, 0.3) is 0 Å². The second kappa shape index (κ2) is 7.20. The molecule has 0 saturated carbocycles. The number of nitrogens with one attached hydrogen (secondary N) is 2. The Hall–Kier alpha value is -2.42. The number of nitrogens with two attached hydrogens (primary N) is 1. The highest BCUT2D eigenvalue weighted by molar-refractivity contribution is 7.80. The Kier molecular flexibility index (Phi) is 5.22. The van der Waals surface area contributed by atoms with Gasteiger partial charge in [-0.1, -0.05) is 0 Å². The van der Waals surface area contributed by atoms with Gasteiger partial charge in [-0.25, -0.2) is 4.79 Å². The third kappa shape index (κ3) is 3.63. The Bertz CT molecular complexity index is 929. The van der Waals surface area contributed by atoms with Crippen molar-refractivity contribution >= 4 is 39.6 Å². The quantitative estimate of drug-likeness (QED) is 0.263. The van der Waals surface area contributed by atoms with E-state index in [1.807, 2.05) is 5.38 Å². The van der Waals surface area contributed by atoms with E-state index in [9.17, 15) is 18.0 Å². The fourth-order valence-corrected chi connectivity index (χ4v) is 4.94. The number of carbonyl (C=O) groups excluding carboxylic acids is 2. The third-order valence-corrected chi connectivity index (χ3v) is 5.97. The SMILES string of the molecule is CN(C)C(=O)[C@@H]1c2c(CCNC(=N)N)csc2[C@H]2CN1C(=O)N2OS(=O)(=O)O. The normalized spacial score (nSPS) is 20.9. The Balaban J connectivity index is 2.03. The zero-order valence-electron chi connectivity index (χ0n) is 15.1. The van der Waals surface area contributed by atoms with Gasteiger partial charge in [0.2, 0.25) is 5.91 Å². The van der Waals surface area contributed by atoms with Crippen LogP contribution in [0.25, 0.3) is 0 Å². The predicted molar refractivity (Wildman–Crippen MR) is 98.7 cm³/mol. The van der Waals surface area contributed by atoms with Gasteiger partial charge in [0.1, 0.15) is 12.1 Å². The fraction of sp³-hybridized carbons (Fsp3) is 0.500. The summed E-state index contributed by atoms with van der Waals surface area (Å²) in [6, 6.07) is -2.53. The summed E-state index contributed by atoms with van der Waals surface area (Å²) in [5.41, 5.74) is 6.69. The molecule has 3 rings (SSSR count). The van der Waals surface area contributed by atoms with Crippen molar-refractivity contribution in [2.24, 2.45) is 5.73 Å². The second-order valence-electron chi connectivity index (χ2n) is 6.54. The van der Waals surface area contributed by atoms with Gasteiger partial charge >= 0.3 is 16.4 Å². The van der Waals surface area contributed by atoms with Crippen LogP contribution in [0.3, 0.4) is 0 Å². The van der Waals surface area contributed by atoms with E-state index in [-0.39, 0.29) is 18.4 Å². The maximum atomic E-state index is 12.9. The largest absolute Gasteiger partial charge is 0.418 e. The average Bonchev–Trinajstić information content (AvgIpc) is 3.10. The molecule has 2 aliphatic rings. The van der Waals surface area contributed by atoms with Crippen LogP contribution < -0.4 is 11.1 Å². The Morgan fingerprint density at radius 2 is 2.21 bits per heavy atom. The van der Waals surface area contributed by atoms with E-state index in [1.165, 1.54) is 21.1 Å². The lowest BCUT2D eigenvalue weighted by atomic mass is 9.93. The van der Waals surface area contributed by atoms with Crippen LogP contribution in [0.5, 0.6) is 0 Å². The molecule has 2 bridgehead atoms. The Morgan fingerprint density at radius 1 is 1.54 bits per heavy atom. The van der Waals surface area contributed by atoms with Crippen molar-refractivity contribution in [2.75, 3.05) is 27.2 Å². The summed E-state index contributed by atoms with van der Waals surface area (Å²) in [4.78, 5) is 28.8. The number of fused-ring (bicyclic) bond motifs is 4. The smallest absolute Gasteiger partial charge is 0.370 e. The molecule has 154 valence electrons. The van der Waals surface area contributed by atoms with Crippen LogP contribution in [0.1, 0.15) is 28.1 Å². The highest BCUT2D eigenvalue weighted by atomic mass is 32.3. The number of carbonyl (C=O) groups is 2. The van der Waals surface area contributed by atoms with Crippen LogP contribution in [0.2, 0.25) is 0 Å². The first-order valence-electron chi connectivity index (χ1n) is 8.17. The van der Waals surface area contributed by atoms with Crippen molar-refractivity contribution in [2.45, 2.75) is 18.5 Å². The molecule has 1 fully saturated rings. The van der Waals surface area contributed by atoms with Gasteiger partial charge in [0.15, 0.2) is 5.96 Å². The minimum atomic E-state index is -4.91. The van der Waals surface area contributed by atoms with Crippen molar-refractivity contribution in [1.29, 1.82) is 5.41 Å². The van der Waals surface area contributed by atoms with E-state index >= 15 is 0 Å². The van der Waals surface area contributed by atoms with Crippen LogP contribution in [0, 0.1) is 5.41 Å². The molecule has 0 unspecified atom stereocenters. The van der Waals surface area contributed by atoms with Crippen LogP contribution in [-0.4, -0.2) is 72.9 Å². The molecule has 1 aromatic rings. The monoisotopic (exact) mass is 432 g/mol. The van der Waals surface area contributed by atoms with Crippen LogP contribution >= 0.6 is 11.3 Å². The fourth-order valence-electron chi connectivity index (χ4n) is 3.36. The maximum Gasteiger partial charge on any atom is 0.418 e. The zero-order chi connectivity index (χ0) is 20.8. The maximum absolute atomic E-state index is 12.9. The van der Waals surface area contributed by atoms with Crippen molar-refractivity contribution < 1.29 is 26.8 Å². The molecular weight excluding hydrogens is 412 g/mol. The van der Waals surface area contributed by atoms with Crippen molar-refractivity contribution in [3.05, 3.63) is 21.4 Å². The first-order chi connectivity index (χ1) is 13.0. The van der Waals surface area contributed by atoms with Gasteiger partial charge in [0.05, 0.1) is 6.54 Å². The molecule has 14 heteroatoms. The van der Waals surface area contributed by atoms with Crippen molar-refractivity contribution in [3.63, 3.8) is 0 Å². The van der Waals surface area contributed by atoms with Crippen LogP contribution in [0.15, 0.2) is 5.38 Å². The molecule has 1 aromatic heterocycles. The van der Waals surface area contributed by atoms with E-state index in [1.54, 1.807) is 14.1 Å². The lowest BCUT2D eigenvalue weighted by Gasteiger charge is -2.32. The summed E-state index contributed by atoms with van der Waals surface area (Å²) >= 11 is 1.27. The number of amides is 3. The predicted octanol–water partition coefficient (Wildman–Crippen LogP) is -0.570. The standard InChI is InChI=1S/C14H20N6O6S2/c1-18(2)12(21)10-9-7(3-4-17-13(15)16)6-27-11(9)8-5-19(10)14(22)20(8)26-28(23,24)25/h6,8,10H,3-5H2,1-2H3,(H4,15,16,17)(H,23,24,25)/t8-,10+/m1/s1. The number of hydroxylamine groups is 2.